The topological polar surface area (TPSA) is 35.5 Å². The Bertz CT molecular complexity index is 276. The summed E-state index contributed by atoms with van der Waals surface area (Å²) in [5.74, 6) is -0.350. The Morgan fingerprint density at radius 2 is 1.63 bits per heavy atom. The fraction of sp³-hybridized carbons (Fsp3) is 0.812. The first-order valence-electron chi connectivity index (χ1n) is 7.40. The largest absolute Gasteiger partial charge is 0.456 e. The zero-order valence-corrected chi connectivity index (χ0v) is 13.3. The maximum atomic E-state index is 11.4. The van der Waals surface area contributed by atoms with E-state index >= 15 is 0 Å². The van der Waals surface area contributed by atoms with Gasteiger partial charge in [0.25, 0.3) is 0 Å². The summed E-state index contributed by atoms with van der Waals surface area (Å²) in [6, 6.07) is 0. The summed E-state index contributed by atoms with van der Waals surface area (Å²) >= 11 is 0. The number of carbonyl (C=O) groups is 1. The molecule has 0 N–H and O–H groups in total. The maximum absolute atomic E-state index is 11.4. The standard InChI is InChI=1S/C16H30O3/c1-7-14(17)19-16(10-4,11-5)12-13-18-15(6,8-2)9-3/h7H,1,8-13H2,2-6H3. The molecule has 0 saturated heterocycles. The number of carbonyl (C=O) groups excluding carboxylic acids is 1. The summed E-state index contributed by atoms with van der Waals surface area (Å²) in [5.41, 5.74) is -0.497. The minimum Gasteiger partial charge on any atom is -0.456 e. The second-order valence-corrected chi connectivity index (χ2v) is 5.27. The van der Waals surface area contributed by atoms with Crippen LogP contribution in [0.2, 0.25) is 0 Å². The van der Waals surface area contributed by atoms with Gasteiger partial charge in [-0.05, 0) is 32.6 Å². The average Bonchev–Trinajstić information content (AvgIpc) is 2.45. The minimum atomic E-state index is -0.423. The third-order valence-electron chi connectivity index (χ3n) is 4.28. The first-order valence-corrected chi connectivity index (χ1v) is 7.40. The second-order valence-electron chi connectivity index (χ2n) is 5.27. The van der Waals surface area contributed by atoms with E-state index in [-0.39, 0.29) is 11.6 Å². The lowest BCUT2D eigenvalue weighted by atomic mass is 9.93. The molecule has 0 heterocycles. The Balaban J connectivity index is 4.51. The van der Waals surface area contributed by atoms with Gasteiger partial charge in [-0.1, -0.05) is 34.3 Å². The van der Waals surface area contributed by atoms with Gasteiger partial charge in [-0.2, -0.15) is 0 Å². The van der Waals surface area contributed by atoms with E-state index < -0.39 is 5.60 Å². The summed E-state index contributed by atoms with van der Waals surface area (Å²) in [6.45, 7) is 14.5. The number of ether oxygens (including phenoxy) is 2. The quantitative estimate of drug-likeness (QED) is 0.439. The van der Waals surface area contributed by atoms with Crippen LogP contribution in [-0.2, 0) is 14.3 Å². The third kappa shape index (κ3) is 5.77. The number of hydrogen-bond acceptors (Lipinski definition) is 3. The van der Waals surface area contributed by atoms with Crippen LogP contribution in [0.5, 0.6) is 0 Å². The number of hydrogen-bond donors (Lipinski definition) is 0. The van der Waals surface area contributed by atoms with Crippen molar-refractivity contribution < 1.29 is 14.3 Å². The van der Waals surface area contributed by atoms with Gasteiger partial charge in [-0.3, -0.25) is 0 Å². The van der Waals surface area contributed by atoms with E-state index in [9.17, 15) is 4.79 Å². The van der Waals surface area contributed by atoms with Gasteiger partial charge in [0.15, 0.2) is 0 Å². The summed E-state index contributed by atoms with van der Waals surface area (Å²) in [4.78, 5) is 11.4. The molecule has 0 aromatic heterocycles. The van der Waals surface area contributed by atoms with Crippen molar-refractivity contribution in [1.82, 2.24) is 0 Å². The van der Waals surface area contributed by atoms with E-state index in [1.165, 1.54) is 6.08 Å². The maximum Gasteiger partial charge on any atom is 0.330 e. The average molecular weight is 270 g/mol. The molecule has 3 heteroatoms. The molecule has 0 aliphatic rings. The van der Waals surface area contributed by atoms with Crippen LogP contribution < -0.4 is 0 Å². The van der Waals surface area contributed by atoms with Crippen molar-refractivity contribution in [3.63, 3.8) is 0 Å². The van der Waals surface area contributed by atoms with Gasteiger partial charge in [0.2, 0.25) is 0 Å². The summed E-state index contributed by atoms with van der Waals surface area (Å²) < 4.78 is 11.5. The van der Waals surface area contributed by atoms with Crippen LogP contribution in [0, 0.1) is 0 Å². The Morgan fingerprint density at radius 3 is 2.00 bits per heavy atom. The third-order valence-corrected chi connectivity index (χ3v) is 4.28. The first-order chi connectivity index (χ1) is 8.90. The van der Waals surface area contributed by atoms with Gasteiger partial charge in [0, 0.05) is 12.5 Å². The number of esters is 1. The molecule has 0 amide bonds. The van der Waals surface area contributed by atoms with Crippen molar-refractivity contribution >= 4 is 5.97 Å². The lowest BCUT2D eigenvalue weighted by Gasteiger charge is -2.34. The van der Waals surface area contributed by atoms with Crippen molar-refractivity contribution in [2.45, 2.75) is 77.9 Å². The van der Waals surface area contributed by atoms with Crippen LogP contribution in [0.4, 0.5) is 0 Å². The van der Waals surface area contributed by atoms with E-state index in [2.05, 4.69) is 27.4 Å². The molecule has 0 aliphatic heterocycles. The molecular formula is C16H30O3. The van der Waals surface area contributed by atoms with Gasteiger partial charge in [0.1, 0.15) is 5.60 Å². The lowest BCUT2D eigenvalue weighted by Crippen LogP contribution is -2.36. The van der Waals surface area contributed by atoms with Gasteiger partial charge in [-0.15, -0.1) is 0 Å². The molecule has 3 nitrogen and oxygen atoms in total. The lowest BCUT2D eigenvalue weighted by molar-refractivity contribution is -0.158. The summed E-state index contributed by atoms with van der Waals surface area (Å²) in [7, 11) is 0. The van der Waals surface area contributed by atoms with Gasteiger partial charge < -0.3 is 9.47 Å². The SMILES string of the molecule is C=CC(=O)OC(CC)(CC)CCOC(C)(CC)CC. The Kier molecular flexibility index (Phi) is 8.00. The van der Waals surface area contributed by atoms with Gasteiger partial charge in [0.05, 0.1) is 12.2 Å². The van der Waals surface area contributed by atoms with Gasteiger partial charge >= 0.3 is 5.97 Å². The molecule has 0 aromatic carbocycles. The molecule has 0 fully saturated rings. The molecule has 0 radical (unpaired) electrons. The fourth-order valence-corrected chi connectivity index (χ4v) is 1.99. The van der Waals surface area contributed by atoms with Crippen molar-refractivity contribution in [2.24, 2.45) is 0 Å². The van der Waals surface area contributed by atoms with E-state index in [4.69, 9.17) is 9.47 Å². The molecule has 0 rings (SSSR count). The number of rotatable bonds is 10. The highest BCUT2D eigenvalue weighted by Crippen LogP contribution is 2.27. The Hall–Kier alpha value is -0.830. The first kappa shape index (κ1) is 18.2. The Morgan fingerprint density at radius 1 is 1.11 bits per heavy atom. The predicted molar refractivity (Wildman–Crippen MR) is 79.2 cm³/mol. The molecule has 19 heavy (non-hydrogen) atoms. The molecule has 0 aliphatic carbocycles. The highest BCUT2D eigenvalue weighted by atomic mass is 16.6. The van der Waals surface area contributed by atoms with E-state index in [1.54, 1.807) is 0 Å². The molecule has 0 atom stereocenters. The van der Waals surface area contributed by atoms with Crippen molar-refractivity contribution in [3.8, 4) is 0 Å². The highest BCUT2D eigenvalue weighted by molar-refractivity contribution is 5.81. The van der Waals surface area contributed by atoms with E-state index in [0.29, 0.717) is 6.61 Å². The zero-order valence-electron chi connectivity index (χ0n) is 13.3. The van der Waals surface area contributed by atoms with E-state index in [0.717, 1.165) is 32.1 Å². The normalized spacial score (nSPS) is 12.3. The second kappa shape index (κ2) is 8.36. The molecule has 0 saturated carbocycles. The van der Waals surface area contributed by atoms with Crippen molar-refractivity contribution in [1.29, 1.82) is 0 Å². The van der Waals surface area contributed by atoms with Crippen LogP contribution in [0.15, 0.2) is 12.7 Å². The van der Waals surface area contributed by atoms with E-state index in [1.807, 2.05) is 13.8 Å². The van der Waals surface area contributed by atoms with Crippen LogP contribution in [0.3, 0.4) is 0 Å². The molecule has 0 bridgehead atoms. The fourth-order valence-electron chi connectivity index (χ4n) is 1.99. The van der Waals surface area contributed by atoms with Crippen LogP contribution in [0.25, 0.3) is 0 Å². The van der Waals surface area contributed by atoms with Crippen LogP contribution in [-0.4, -0.2) is 23.8 Å². The zero-order chi connectivity index (χ0) is 14.9. The predicted octanol–water partition coefficient (Wildman–Crippen LogP) is 4.26. The molecule has 0 unspecified atom stereocenters. The summed E-state index contributed by atoms with van der Waals surface area (Å²) in [6.07, 6.45) is 5.52. The smallest absolute Gasteiger partial charge is 0.330 e. The van der Waals surface area contributed by atoms with Gasteiger partial charge in [-0.25, -0.2) is 4.79 Å². The molecule has 0 aromatic rings. The molecule has 112 valence electrons. The molecular weight excluding hydrogens is 240 g/mol. The summed E-state index contributed by atoms with van der Waals surface area (Å²) in [5, 5.41) is 0. The Labute approximate surface area is 118 Å². The monoisotopic (exact) mass is 270 g/mol. The van der Waals surface area contributed by atoms with Crippen LogP contribution in [0.1, 0.15) is 66.7 Å². The van der Waals surface area contributed by atoms with Crippen molar-refractivity contribution in [3.05, 3.63) is 12.7 Å². The van der Waals surface area contributed by atoms with Crippen LogP contribution >= 0.6 is 0 Å². The molecule has 0 spiro atoms. The van der Waals surface area contributed by atoms with Crippen molar-refractivity contribution in [2.75, 3.05) is 6.61 Å². The minimum absolute atomic E-state index is 0.0737. The highest BCUT2D eigenvalue weighted by Gasteiger charge is 2.31.